The molecule has 0 aliphatic heterocycles. The van der Waals surface area contributed by atoms with Crippen LogP contribution >= 0.6 is 0 Å². The largest absolute Gasteiger partial charge is 0.352 e. The molecule has 6 heteroatoms. The van der Waals surface area contributed by atoms with Gasteiger partial charge in [0.1, 0.15) is 0 Å². The van der Waals surface area contributed by atoms with Crippen LogP contribution in [0, 0.1) is 0 Å². The Labute approximate surface area is 89.1 Å². The van der Waals surface area contributed by atoms with Gasteiger partial charge in [0.15, 0.2) is 0 Å². The van der Waals surface area contributed by atoms with Gasteiger partial charge in [0.25, 0.3) is 11.3 Å². The predicted octanol–water partition coefficient (Wildman–Crippen LogP) is 0.884. The molecule has 1 rings (SSSR count). The summed E-state index contributed by atoms with van der Waals surface area (Å²) in [4.78, 5) is 16.7. The number of rotatable bonds is 4. The maximum absolute atomic E-state index is 10.9. The lowest BCUT2D eigenvalue weighted by atomic mass is 10.2. The molecule has 2 N–H and O–H groups in total. The van der Waals surface area contributed by atoms with Gasteiger partial charge in [-0.3, -0.25) is 4.55 Å². The van der Waals surface area contributed by atoms with Crippen LogP contribution in [0.5, 0.6) is 0 Å². The van der Waals surface area contributed by atoms with E-state index in [0.717, 1.165) is 11.6 Å². The lowest BCUT2D eigenvalue weighted by molar-refractivity contribution is -0.141. The minimum atomic E-state index is -2.36. The van der Waals surface area contributed by atoms with E-state index in [1.165, 1.54) is 6.08 Å². The van der Waals surface area contributed by atoms with Gasteiger partial charge in [-0.1, -0.05) is 30.3 Å². The van der Waals surface area contributed by atoms with Crippen molar-refractivity contribution >= 4 is 23.3 Å². The van der Waals surface area contributed by atoms with E-state index in [1.54, 1.807) is 17.0 Å². The summed E-state index contributed by atoms with van der Waals surface area (Å²) in [5, 5.41) is 0. The van der Waals surface area contributed by atoms with Crippen molar-refractivity contribution in [3.63, 3.8) is 0 Å². The highest BCUT2D eigenvalue weighted by Crippen LogP contribution is 2.00. The summed E-state index contributed by atoms with van der Waals surface area (Å²) in [6, 6.07) is 9.12. The fourth-order valence-corrected chi connectivity index (χ4v) is 0.993. The first kappa shape index (κ1) is 11.6. The van der Waals surface area contributed by atoms with E-state index in [2.05, 4.69) is 4.84 Å². The molecule has 0 spiro atoms. The highest BCUT2D eigenvalue weighted by Gasteiger charge is 1.98. The zero-order chi connectivity index (χ0) is 11.1. The third-order valence-electron chi connectivity index (χ3n) is 1.42. The van der Waals surface area contributed by atoms with Crippen molar-refractivity contribution in [2.45, 2.75) is 0 Å². The number of carbonyl (C=O) groups excluding carboxylic acids is 1. The number of benzene rings is 1. The topological polar surface area (TPSA) is 75.6 Å². The van der Waals surface area contributed by atoms with Gasteiger partial charge >= 0.3 is 5.97 Å². The van der Waals surface area contributed by atoms with Gasteiger partial charge < -0.3 is 4.84 Å². The van der Waals surface area contributed by atoms with Crippen molar-refractivity contribution < 1.29 is 18.4 Å². The normalized spacial score (nSPS) is 12.6. The zero-order valence-corrected chi connectivity index (χ0v) is 8.44. The van der Waals surface area contributed by atoms with E-state index < -0.39 is 17.2 Å². The number of carbonyl (C=O) groups is 1. The van der Waals surface area contributed by atoms with E-state index in [0.29, 0.717) is 0 Å². The van der Waals surface area contributed by atoms with Crippen LogP contribution in [0.2, 0.25) is 0 Å². The van der Waals surface area contributed by atoms with E-state index in [4.69, 9.17) is 4.55 Å². The Morgan fingerprint density at radius 3 is 2.67 bits per heavy atom. The van der Waals surface area contributed by atoms with E-state index in [1.807, 2.05) is 18.2 Å². The molecule has 0 amide bonds. The van der Waals surface area contributed by atoms with Crippen molar-refractivity contribution in [3.8, 4) is 0 Å². The highest BCUT2D eigenvalue weighted by molar-refractivity contribution is 7.76. The van der Waals surface area contributed by atoms with E-state index in [-0.39, 0.29) is 0 Å². The molecule has 0 saturated carbocycles. The summed E-state index contributed by atoms with van der Waals surface area (Å²) < 4.78 is 18.3. The smallest absolute Gasteiger partial charge is 0.350 e. The lowest BCUT2D eigenvalue weighted by Gasteiger charge is -1.96. The Bertz CT molecular complexity index is 377. The van der Waals surface area contributed by atoms with Crippen molar-refractivity contribution in [2.24, 2.45) is 0 Å². The molecule has 80 valence electrons. The quantitative estimate of drug-likeness (QED) is 0.455. The van der Waals surface area contributed by atoms with Gasteiger partial charge in [0, 0.05) is 6.08 Å². The minimum absolute atomic E-state index is 0.749. The van der Waals surface area contributed by atoms with Crippen LogP contribution in [-0.2, 0) is 20.9 Å². The molecule has 0 radical (unpaired) electrons. The van der Waals surface area contributed by atoms with Crippen LogP contribution in [0.1, 0.15) is 5.56 Å². The molecule has 0 fully saturated rings. The fourth-order valence-electron chi connectivity index (χ4n) is 0.839. The first-order chi connectivity index (χ1) is 7.18. The summed E-state index contributed by atoms with van der Waals surface area (Å²) in [7, 11) is 0. The lowest BCUT2D eigenvalue weighted by Crippen LogP contribution is -2.20. The van der Waals surface area contributed by atoms with Crippen LogP contribution < -0.4 is 4.89 Å². The van der Waals surface area contributed by atoms with Gasteiger partial charge in [-0.05, 0) is 16.5 Å². The highest BCUT2D eigenvalue weighted by atomic mass is 32.2. The maximum atomic E-state index is 10.9. The van der Waals surface area contributed by atoms with Crippen LogP contribution in [0.15, 0.2) is 36.4 Å². The maximum Gasteiger partial charge on any atom is 0.350 e. The summed E-state index contributed by atoms with van der Waals surface area (Å²) in [6.07, 6.45) is 2.68. The average molecular weight is 227 g/mol. The predicted molar refractivity (Wildman–Crippen MR) is 55.5 cm³/mol. The van der Waals surface area contributed by atoms with Crippen LogP contribution in [0.3, 0.4) is 0 Å². The molecule has 0 aromatic heterocycles. The fraction of sp³-hybridized carbons (Fsp3) is 0. The first-order valence-electron chi connectivity index (χ1n) is 3.99. The number of nitrogens with one attached hydrogen (secondary N) is 1. The third kappa shape index (κ3) is 5.06. The molecule has 15 heavy (non-hydrogen) atoms. The molecule has 0 heterocycles. The molecule has 0 bridgehead atoms. The Hall–Kier alpha value is -1.50. The molecule has 5 nitrogen and oxygen atoms in total. The molecule has 0 aliphatic rings. The Morgan fingerprint density at radius 2 is 2.07 bits per heavy atom. The third-order valence-corrected chi connectivity index (χ3v) is 1.65. The van der Waals surface area contributed by atoms with Gasteiger partial charge in [0.05, 0.1) is 0 Å². The second-order valence-electron chi connectivity index (χ2n) is 2.50. The second kappa shape index (κ2) is 6.07. The molecule has 1 aromatic carbocycles. The van der Waals surface area contributed by atoms with Crippen LogP contribution in [-0.4, -0.2) is 14.7 Å². The van der Waals surface area contributed by atoms with E-state index in [9.17, 15) is 9.00 Å². The van der Waals surface area contributed by atoms with Crippen molar-refractivity contribution in [3.05, 3.63) is 42.0 Å². The first-order valence-corrected chi connectivity index (χ1v) is 5.09. The monoisotopic (exact) mass is 227 g/mol. The Morgan fingerprint density at radius 1 is 1.40 bits per heavy atom. The van der Waals surface area contributed by atoms with Crippen LogP contribution in [0.25, 0.3) is 6.08 Å². The van der Waals surface area contributed by atoms with Crippen molar-refractivity contribution in [1.29, 1.82) is 0 Å². The molecule has 1 unspecified atom stereocenters. The summed E-state index contributed by atoms with van der Waals surface area (Å²) >= 11 is -2.36. The van der Waals surface area contributed by atoms with E-state index >= 15 is 0 Å². The molecular weight excluding hydrogens is 218 g/mol. The van der Waals surface area contributed by atoms with Gasteiger partial charge in [-0.2, -0.15) is 0 Å². The SMILES string of the molecule is O=C(C=Cc1ccccc1)ONS(=O)O. The molecule has 1 aromatic rings. The second-order valence-corrected chi connectivity index (χ2v) is 3.16. The number of hydrogen-bond donors (Lipinski definition) is 2. The molecule has 0 aliphatic carbocycles. The van der Waals surface area contributed by atoms with Gasteiger partial charge in [-0.15, -0.1) is 0 Å². The Balaban J connectivity index is 2.44. The van der Waals surface area contributed by atoms with Gasteiger partial charge in [0.2, 0.25) is 0 Å². The summed E-state index contributed by atoms with van der Waals surface area (Å²) in [6.45, 7) is 0. The van der Waals surface area contributed by atoms with Crippen LogP contribution in [0.4, 0.5) is 0 Å². The number of hydrogen-bond acceptors (Lipinski definition) is 3. The van der Waals surface area contributed by atoms with Crippen molar-refractivity contribution in [1.82, 2.24) is 4.89 Å². The standard InChI is InChI=1S/C9H9NO4S/c11-9(14-10-15(12)13)7-6-8-4-2-1-3-5-8/h1-7,10H,(H,12,13). The van der Waals surface area contributed by atoms with Crippen molar-refractivity contribution in [2.75, 3.05) is 0 Å². The molecule has 1 atom stereocenters. The minimum Gasteiger partial charge on any atom is -0.352 e. The zero-order valence-electron chi connectivity index (χ0n) is 7.62. The van der Waals surface area contributed by atoms with Gasteiger partial charge in [-0.25, -0.2) is 9.00 Å². The molecule has 0 saturated heterocycles. The molecular formula is C9H9NO4S. The summed E-state index contributed by atoms with van der Waals surface area (Å²) in [5.74, 6) is -0.749. The average Bonchev–Trinajstić information content (AvgIpc) is 2.25. The summed E-state index contributed by atoms with van der Waals surface area (Å²) in [5.41, 5.74) is 0.833. The Kier molecular flexibility index (Phi) is 4.69.